The van der Waals surface area contributed by atoms with E-state index in [0.29, 0.717) is 28.0 Å². The minimum absolute atomic E-state index is 0.0231. The number of nitrogens with zero attached hydrogens (tertiary/aromatic N) is 3. The van der Waals surface area contributed by atoms with E-state index in [1.807, 2.05) is 0 Å². The third kappa shape index (κ3) is 5.53. The average Bonchev–Trinajstić information content (AvgIpc) is 2.64. The lowest BCUT2D eigenvalue weighted by Gasteiger charge is -2.19. The summed E-state index contributed by atoms with van der Waals surface area (Å²) in [4.78, 5) is 38.7. The molecule has 0 bridgehead atoms. The summed E-state index contributed by atoms with van der Waals surface area (Å²) < 4.78 is 7.69. The molecule has 162 valence electrons. The van der Waals surface area contributed by atoms with E-state index in [1.165, 1.54) is 0 Å². The van der Waals surface area contributed by atoms with Crippen LogP contribution in [0.2, 0.25) is 0 Å². The quantitative estimate of drug-likeness (QED) is 0.356. The van der Waals surface area contributed by atoms with Gasteiger partial charge in [0.2, 0.25) is 0 Å². The van der Waals surface area contributed by atoms with Gasteiger partial charge in [-0.25, -0.2) is 28.1 Å². The Labute approximate surface area is 199 Å². The molecule has 0 saturated heterocycles. The number of alkyl halides is 3. The van der Waals surface area contributed by atoms with Crippen molar-refractivity contribution < 1.29 is 4.74 Å². The predicted octanol–water partition coefficient (Wildman–Crippen LogP) is 3.68. The van der Waals surface area contributed by atoms with E-state index in [9.17, 15) is 14.4 Å². The summed E-state index contributed by atoms with van der Waals surface area (Å²) in [6.45, 7) is 11.0. The molecule has 0 aliphatic rings. The van der Waals surface area contributed by atoms with Crippen LogP contribution in [0.4, 0.5) is 0 Å². The van der Waals surface area contributed by atoms with E-state index in [-0.39, 0.29) is 19.6 Å². The van der Waals surface area contributed by atoms with Crippen LogP contribution < -0.4 is 21.8 Å². The highest BCUT2D eigenvalue weighted by Gasteiger charge is 2.26. The van der Waals surface area contributed by atoms with Crippen LogP contribution in [0.5, 0.6) is 5.75 Å². The van der Waals surface area contributed by atoms with Gasteiger partial charge in [-0.3, -0.25) is 0 Å². The van der Waals surface area contributed by atoms with Crippen LogP contribution in [-0.4, -0.2) is 20.8 Å². The summed E-state index contributed by atoms with van der Waals surface area (Å²) in [7, 11) is 1.55. The lowest BCUT2D eigenvalue weighted by molar-refractivity contribution is 0.410. The van der Waals surface area contributed by atoms with E-state index in [2.05, 4.69) is 60.9 Å². The smallest absolute Gasteiger partial charge is 0.336 e. The average molecular weight is 608 g/mol. The fourth-order valence-corrected chi connectivity index (χ4v) is 3.82. The molecular weight excluding hydrogens is 586 g/mol. The Morgan fingerprint density at radius 3 is 1.80 bits per heavy atom. The zero-order chi connectivity index (χ0) is 22.8. The van der Waals surface area contributed by atoms with E-state index in [0.717, 1.165) is 13.7 Å². The summed E-state index contributed by atoms with van der Waals surface area (Å²) in [5.41, 5.74) is 0.579. The zero-order valence-electron chi connectivity index (χ0n) is 16.9. The molecule has 0 unspecified atom stereocenters. The largest absolute Gasteiger partial charge is 0.496 e. The Bertz CT molecular complexity index is 1120. The molecular formula is C20H22Br3N3O4. The zero-order valence-corrected chi connectivity index (χ0v) is 21.6. The van der Waals surface area contributed by atoms with Gasteiger partial charge < -0.3 is 4.74 Å². The molecule has 30 heavy (non-hydrogen) atoms. The van der Waals surface area contributed by atoms with Crippen LogP contribution in [0, 0.1) is 0 Å². The van der Waals surface area contributed by atoms with Gasteiger partial charge in [0.1, 0.15) is 5.75 Å². The number of benzene rings is 1. The Morgan fingerprint density at radius 2 is 1.40 bits per heavy atom. The van der Waals surface area contributed by atoms with E-state index >= 15 is 0 Å². The summed E-state index contributed by atoms with van der Waals surface area (Å²) >= 11 is 10.4. The monoisotopic (exact) mass is 605 g/mol. The standard InChI is InChI=1S/C20H22Br3N3O4/c1-12(2)9-24-17(27)25(10-13(3)4)19(29)26(18(24)28)11-14-6-7-16(30-5)15(8-14)20(21,22)23/h6-8H,1,3,9-11H2,2,4-5H3. The molecule has 2 rings (SSSR count). The van der Waals surface area contributed by atoms with Gasteiger partial charge in [-0.2, -0.15) is 0 Å². The van der Waals surface area contributed by atoms with Crippen molar-refractivity contribution in [2.75, 3.05) is 7.11 Å². The minimum atomic E-state index is -0.752. The topological polar surface area (TPSA) is 75.2 Å². The van der Waals surface area contributed by atoms with Crippen LogP contribution in [0.1, 0.15) is 25.0 Å². The highest BCUT2D eigenvalue weighted by atomic mass is 80.0. The van der Waals surface area contributed by atoms with Crippen molar-refractivity contribution in [3.63, 3.8) is 0 Å². The molecule has 1 heterocycles. The van der Waals surface area contributed by atoms with Gasteiger partial charge in [-0.15, -0.1) is 0 Å². The molecule has 0 aliphatic heterocycles. The molecule has 1 aromatic heterocycles. The van der Waals surface area contributed by atoms with Gasteiger partial charge in [-0.1, -0.05) is 78.2 Å². The number of hydrogen-bond donors (Lipinski definition) is 0. The molecule has 0 aliphatic carbocycles. The van der Waals surface area contributed by atoms with Gasteiger partial charge in [0, 0.05) is 5.56 Å². The SMILES string of the molecule is C=C(C)Cn1c(=O)n(CC(=C)C)c(=O)n(Cc2ccc(OC)c(C(Br)(Br)Br)c2)c1=O. The van der Waals surface area contributed by atoms with Crippen molar-refractivity contribution in [3.05, 3.63) is 85.1 Å². The molecule has 0 spiro atoms. The van der Waals surface area contributed by atoms with Gasteiger partial charge >= 0.3 is 17.1 Å². The van der Waals surface area contributed by atoms with Crippen molar-refractivity contribution >= 4 is 47.8 Å². The molecule has 2 aromatic rings. The maximum absolute atomic E-state index is 13.0. The number of halogens is 3. The number of methoxy groups -OCH3 is 1. The van der Waals surface area contributed by atoms with Crippen molar-refractivity contribution in [2.24, 2.45) is 0 Å². The highest BCUT2D eigenvalue weighted by molar-refractivity contribution is 9.38. The third-order valence-electron chi connectivity index (χ3n) is 4.15. The lowest BCUT2D eigenvalue weighted by Crippen LogP contribution is -2.54. The Hall–Kier alpha value is -1.65. The predicted molar refractivity (Wildman–Crippen MR) is 129 cm³/mol. The van der Waals surface area contributed by atoms with Crippen LogP contribution in [0.3, 0.4) is 0 Å². The van der Waals surface area contributed by atoms with Crippen molar-refractivity contribution in [3.8, 4) is 5.75 Å². The summed E-state index contributed by atoms with van der Waals surface area (Å²) in [6.07, 6.45) is 0. The first kappa shape index (κ1) is 24.6. The fraction of sp³-hybridized carbons (Fsp3) is 0.350. The molecule has 7 nitrogen and oxygen atoms in total. The molecule has 0 amide bonds. The highest BCUT2D eigenvalue weighted by Crippen LogP contribution is 2.48. The normalized spacial score (nSPS) is 11.4. The maximum Gasteiger partial charge on any atom is 0.336 e. The van der Waals surface area contributed by atoms with Crippen LogP contribution in [0.15, 0.2) is 56.9 Å². The molecule has 0 saturated carbocycles. The number of allylic oxidation sites excluding steroid dienone is 2. The second kappa shape index (κ2) is 9.65. The van der Waals surface area contributed by atoms with E-state index in [1.54, 1.807) is 39.2 Å². The molecule has 0 atom stereocenters. The molecule has 1 aromatic carbocycles. The van der Waals surface area contributed by atoms with Gasteiger partial charge in [0.05, 0.1) is 26.7 Å². The second-order valence-corrected chi connectivity index (χ2v) is 13.8. The van der Waals surface area contributed by atoms with Crippen LogP contribution in [-0.2, 0) is 21.8 Å². The number of hydrogen-bond acceptors (Lipinski definition) is 4. The maximum atomic E-state index is 13.0. The minimum Gasteiger partial charge on any atom is -0.496 e. The van der Waals surface area contributed by atoms with Crippen molar-refractivity contribution in [2.45, 2.75) is 35.6 Å². The van der Waals surface area contributed by atoms with Crippen LogP contribution >= 0.6 is 47.8 Å². The number of rotatable bonds is 7. The molecule has 10 heteroatoms. The molecule has 0 N–H and O–H groups in total. The first-order valence-electron chi connectivity index (χ1n) is 8.84. The van der Waals surface area contributed by atoms with Crippen molar-refractivity contribution in [1.82, 2.24) is 13.7 Å². The van der Waals surface area contributed by atoms with Crippen LogP contribution in [0.25, 0.3) is 0 Å². The fourth-order valence-electron chi connectivity index (χ4n) is 2.89. The first-order chi connectivity index (χ1) is 13.9. The second-order valence-electron chi connectivity index (χ2n) is 7.05. The lowest BCUT2D eigenvalue weighted by atomic mass is 10.1. The van der Waals surface area contributed by atoms with E-state index < -0.39 is 19.2 Å². The van der Waals surface area contributed by atoms with Crippen molar-refractivity contribution in [1.29, 1.82) is 0 Å². The first-order valence-corrected chi connectivity index (χ1v) is 11.2. The van der Waals surface area contributed by atoms with Gasteiger partial charge in [0.15, 0.2) is 2.14 Å². The van der Waals surface area contributed by atoms with Gasteiger partial charge in [-0.05, 0) is 31.5 Å². The Morgan fingerprint density at radius 1 is 0.933 bits per heavy atom. The molecule has 0 fully saturated rings. The Kier molecular flexibility index (Phi) is 7.92. The number of ether oxygens (including phenoxy) is 1. The third-order valence-corrected chi connectivity index (χ3v) is 5.43. The number of aromatic nitrogens is 3. The Balaban J connectivity index is 2.72. The van der Waals surface area contributed by atoms with Gasteiger partial charge in [0.25, 0.3) is 0 Å². The summed E-state index contributed by atoms with van der Waals surface area (Å²) in [6, 6.07) is 5.29. The summed E-state index contributed by atoms with van der Waals surface area (Å²) in [5, 5.41) is 0. The molecule has 0 radical (unpaired) electrons. The summed E-state index contributed by atoms with van der Waals surface area (Å²) in [5.74, 6) is 0.601. The van der Waals surface area contributed by atoms with E-state index in [4.69, 9.17) is 4.74 Å².